The second kappa shape index (κ2) is 31.9. The zero-order valence-corrected chi connectivity index (χ0v) is 60.2. The van der Waals surface area contributed by atoms with Crippen LogP contribution < -0.4 is 16.0 Å². The molecule has 0 radical (unpaired) electrons. The van der Waals surface area contributed by atoms with Gasteiger partial charge in [-0.15, -0.1) is 0 Å². The number of nitrogens with zero attached hydrogens (tertiary/aromatic N) is 3. The van der Waals surface area contributed by atoms with Crippen molar-refractivity contribution in [1.29, 1.82) is 0 Å². The monoisotopic (exact) mass is 1280 g/mol. The van der Waals surface area contributed by atoms with Gasteiger partial charge in [0.25, 0.3) is 0 Å². The third kappa shape index (κ3) is 29.2. The standard InChI is InChI=1S/C62H94N6O12Si6/c1-81(2,3)36-31-75-54(69)51(55(70)76-32-37-82(4,5)6)41-45-19-25-48(26-20-45)63-60-66-61(64-49-27-21-46(22-28-49)42-52(56(71)77-33-38-83(7,8)9)57(72)78-34-39-84(10,11)12)68-62(67-60)65-50-29-23-47(24-30-50)43-53(59(74)80-44-86(16,17)18)58(73)79-35-40-85(13,14)15/h19-30,41-43H,31-40,44H2,1-18H3,(H3,63,64,65,66,67,68). The Morgan fingerprint density at radius 2 is 0.512 bits per heavy atom. The molecule has 0 spiro atoms. The van der Waals surface area contributed by atoms with E-state index < -0.39 is 84.3 Å². The molecule has 3 N–H and O–H groups in total. The Balaban J connectivity index is 1.72. The molecule has 18 nitrogen and oxygen atoms in total. The smallest absolute Gasteiger partial charge is 0.345 e. The molecule has 0 aliphatic carbocycles. The summed E-state index contributed by atoms with van der Waals surface area (Å²) in [5.74, 6) is -4.08. The topological polar surface area (TPSA) is 233 Å². The third-order valence-corrected chi connectivity index (χ3v) is 22.0. The van der Waals surface area contributed by atoms with Crippen molar-refractivity contribution in [2.24, 2.45) is 0 Å². The van der Waals surface area contributed by atoms with E-state index in [4.69, 9.17) is 43.4 Å². The number of ether oxygens (including phenoxy) is 6. The van der Waals surface area contributed by atoms with Gasteiger partial charge >= 0.3 is 35.8 Å². The van der Waals surface area contributed by atoms with E-state index in [0.29, 0.717) is 33.8 Å². The molecule has 0 saturated carbocycles. The Morgan fingerprint density at radius 1 is 0.314 bits per heavy atom. The van der Waals surface area contributed by atoms with E-state index in [1.165, 1.54) is 18.2 Å². The average Bonchev–Trinajstić information content (AvgIpc) is 1.79. The summed E-state index contributed by atoms with van der Waals surface area (Å²) in [5, 5.41) is 9.71. The SMILES string of the molecule is C[Si](C)(C)CCOC(=O)C(=Cc1ccc(Nc2nc(Nc3ccc(C=C(C(=O)OCC[Si](C)(C)C)C(=O)OCC[Si](C)(C)C)cc3)nc(Nc3ccc(C=C(C(=O)OCC[Si](C)(C)C)C(=O)OC[Si](C)(C)C)cc3)n2)cc1)C(=O)OCC[Si](C)(C)C. The van der Waals surface area contributed by atoms with E-state index in [2.05, 4.69) is 134 Å². The maximum Gasteiger partial charge on any atom is 0.345 e. The molecule has 0 saturated heterocycles. The van der Waals surface area contributed by atoms with Gasteiger partial charge in [0.05, 0.1) is 47.3 Å². The third-order valence-electron chi connectivity index (χ3n) is 12.5. The van der Waals surface area contributed by atoms with E-state index >= 15 is 0 Å². The van der Waals surface area contributed by atoms with Gasteiger partial charge in [-0.2, -0.15) is 15.0 Å². The highest BCUT2D eigenvalue weighted by molar-refractivity contribution is 6.78. The van der Waals surface area contributed by atoms with Gasteiger partial charge in [-0.25, -0.2) is 28.8 Å². The molecular weight excluding hydrogens is 1190 g/mol. The van der Waals surface area contributed by atoms with Crippen molar-refractivity contribution in [2.45, 2.75) is 148 Å². The van der Waals surface area contributed by atoms with Crippen LogP contribution in [0, 0.1) is 0 Å². The van der Waals surface area contributed by atoms with Gasteiger partial charge in [-0.1, -0.05) is 154 Å². The highest BCUT2D eigenvalue weighted by Gasteiger charge is 2.28. The van der Waals surface area contributed by atoms with Crippen molar-refractivity contribution < 1.29 is 57.2 Å². The molecule has 4 aromatic rings. The van der Waals surface area contributed by atoms with Gasteiger partial charge in [0.2, 0.25) is 17.8 Å². The first-order chi connectivity index (χ1) is 39.8. The molecule has 24 heteroatoms. The summed E-state index contributed by atoms with van der Waals surface area (Å²) in [6.07, 6.45) is 4.65. The molecule has 468 valence electrons. The fourth-order valence-electron chi connectivity index (χ4n) is 7.02. The summed E-state index contributed by atoms with van der Waals surface area (Å²) < 4.78 is 33.6. The number of rotatable bonds is 32. The quantitative estimate of drug-likeness (QED) is 0.0103. The molecule has 0 aliphatic heterocycles. The van der Waals surface area contributed by atoms with E-state index in [1.807, 2.05) is 0 Å². The number of hydrogen-bond acceptors (Lipinski definition) is 18. The van der Waals surface area contributed by atoms with Crippen LogP contribution in [0.25, 0.3) is 18.2 Å². The minimum Gasteiger partial charge on any atom is -0.466 e. The number of esters is 6. The summed E-state index contributed by atoms with van der Waals surface area (Å²) in [4.78, 5) is 94.6. The number of anilines is 6. The zero-order valence-electron chi connectivity index (χ0n) is 54.2. The number of nitrogens with one attached hydrogen (secondary N) is 3. The number of carbonyl (C=O) groups is 6. The second-order valence-corrected chi connectivity index (χ2v) is 62.1. The molecule has 0 aliphatic rings. The molecule has 0 fully saturated rings. The summed E-state index contributed by atoms with van der Waals surface area (Å²) in [6, 6.07) is 24.6. The normalized spacial score (nSPS) is 12.2. The molecule has 4 rings (SSSR count). The summed E-state index contributed by atoms with van der Waals surface area (Å²) in [7, 11) is -9.47. The maximum atomic E-state index is 13.4. The molecule has 0 amide bonds. The van der Waals surface area contributed by atoms with Gasteiger partial charge in [0, 0.05) is 57.4 Å². The predicted molar refractivity (Wildman–Crippen MR) is 363 cm³/mol. The fraction of sp³-hybridized carbons (Fsp3) is 0.468. The summed E-state index contributed by atoms with van der Waals surface area (Å²) in [6.45, 7) is 39.9. The lowest BCUT2D eigenvalue weighted by atomic mass is 10.1. The van der Waals surface area contributed by atoms with Crippen molar-refractivity contribution in [2.75, 3.05) is 55.2 Å². The maximum absolute atomic E-state index is 13.4. The van der Waals surface area contributed by atoms with Crippen LogP contribution in [0.5, 0.6) is 0 Å². The molecular formula is C62H94N6O12Si6. The largest absolute Gasteiger partial charge is 0.466 e. The van der Waals surface area contributed by atoms with Crippen LogP contribution >= 0.6 is 0 Å². The number of hydrogen-bond donors (Lipinski definition) is 3. The van der Waals surface area contributed by atoms with Crippen molar-refractivity contribution in [3.63, 3.8) is 0 Å². The van der Waals surface area contributed by atoms with Gasteiger partial charge < -0.3 is 44.4 Å². The van der Waals surface area contributed by atoms with Gasteiger partial charge in [-0.05, 0) is 102 Å². The van der Waals surface area contributed by atoms with Crippen LogP contribution in [0.15, 0.2) is 89.5 Å². The van der Waals surface area contributed by atoms with Crippen LogP contribution in [0.4, 0.5) is 34.9 Å². The summed E-state index contributed by atoms with van der Waals surface area (Å²) in [5.41, 5.74) is 2.71. The zero-order chi connectivity index (χ0) is 64.3. The highest BCUT2D eigenvalue weighted by Crippen LogP contribution is 2.26. The minimum atomic E-state index is -1.81. The molecule has 1 heterocycles. The van der Waals surface area contributed by atoms with Crippen molar-refractivity contribution >= 4 is 137 Å². The Kier molecular flexibility index (Phi) is 26.6. The number of benzene rings is 3. The van der Waals surface area contributed by atoms with Crippen LogP contribution in [0.2, 0.25) is 148 Å². The van der Waals surface area contributed by atoms with Crippen LogP contribution in [-0.4, -0.2) is 138 Å². The molecule has 86 heavy (non-hydrogen) atoms. The minimum absolute atomic E-state index is 0.129. The molecule has 3 aromatic carbocycles. The van der Waals surface area contributed by atoms with Crippen molar-refractivity contribution in [1.82, 2.24) is 15.0 Å². The van der Waals surface area contributed by atoms with E-state index in [9.17, 15) is 28.8 Å². The Labute approximate surface area is 516 Å². The molecule has 0 unspecified atom stereocenters. The Bertz CT molecular complexity index is 2850. The number of carbonyl (C=O) groups excluding carboxylic acids is 6. The lowest BCUT2D eigenvalue weighted by Gasteiger charge is -2.17. The van der Waals surface area contributed by atoms with Crippen molar-refractivity contribution in [3.8, 4) is 0 Å². The molecule has 0 bridgehead atoms. The lowest BCUT2D eigenvalue weighted by molar-refractivity contribution is -0.148. The fourth-order valence-corrected chi connectivity index (χ4v) is 11.2. The van der Waals surface area contributed by atoms with Crippen LogP contribution in [0.1, 0.15) is 16.7 Å². The lowest BCUT2D eigenvalue weighted by Crippen LogP contribution is -2.31. The second-order valence-electron chi connectivity index (χ2n) is 28.6. The Hall–Kier alpha value is -6.59. The molecule has 0 atom stereocenters. The molecule has 1 aromatic heterocycles. The first-order valence-corrected chi connectivity index (χ1v) is 51.6. The van der Waals surface area contributed by atoms with Gasteiger partial charge in [-0.3, -0.25) is 0 Å². The van der Waals surface area contributed by atoms with Crippen LogP contribution in [-0.2, 0) is 57.2 Å². The summed E-state index contributed by atoms with van der Waals surface area (Å²) >= 11 is 0. The van der Waals surface area contributed by atoms with E-state index in [1.54, 1.807) is 72.8 Å². The van der Waals surface area contributed by atoms with E-state index in [-0.39, 0.29) is 73.8 Å². The van der Waals surface area contributed by atoms with Crippen molar-refractivity contribution in [3.05, 3.63) is 106 Å². The Morgan fingerprint density at radius 3 is 0.698 bits per heavy atom. The predicted octanol–water partition coefficient (Wildman–Crippen LogP) is 14.1. The first kappa shape index (κ1) is 71.9. The number of aromatic nitrogens is 3. The first-order valence-electron chi connectivity index (χ1n) is 29.3. The highest BCUT2D eigenvalue weighted by atomic mass is 28.3. The van der Waals surface area contributed by atoms with Crippen LogP contribution in [0.3, 0.4) is 0 Å². The van der Waals surface area contributed by atoms with Gasteiger partial charge in [0.15, 0.2) is 0 Å². The van der Waals surface area contributed by atoms with Gasteiger partial charge in [0.1, 0.15) is 16.7 Å². The van der Waals surface area contributed by atoms with E-state index in [0.717, 1.165) is 30.2 Å². The average molecular weight is 1280 g/mol.